The van der Waals surface area contributed by atoms with Gasteiger partial charge in [0.05, 0.1) is 16.7 Å². The Bertz CT molecular complexity index is 1180. The van der Waals surface area contributed by atoms with E-state index in [-0.39, 0.29) is 16.5 Å². The van der Waals surface area contributed by atoms with Crippen LogP contribution in [0.1, 0.15) is 10.5 Å². The minimum Gasteiger partial charge on any atom is -0.382 e. The molecule has 26 heavy (non-hydrogen) atoms. The van der Waals surface area contributed by atoms with Crippen LogP contribution in [0.15, 0.2) is 24.5 Å². The molecule has 3 aromatic heterocycles. The number of anilines is 2. The molecule has 0 bridgehead atoms. The molecule has 9 heteroatoms. The van der Waals surface area contributed by atoms with Crippen LogP contribution in [0.2, 0.25) is 5.02 Å². The van der Waals surface area contributed by atoms with E-state index in [1.807, 2.05) is 0 Å². The Balaban J connectivity index is 2.08. The molecule has 4 rings (SSSR count). The molecule has 0 saturated carbocycles. The van der Waals surface area contributed by atoms with Gasteiger partial charge in [-0.2, -0.15) is 5.10 Å². The number of rotatable bonds is 3. The van der Waals surface area contributed by atoms with Crippen LogP contribution in [-0.4, -0.2) is 40.0 Å². The predicted octanol–water partition coefficient (Wildman–Crippen LogP) is 3.13. The van der Waals surface area contributed by atoms with Crippen molar-refractivity contribution in [2.45, 2.75) is 0 Å². The van der Waals surface area contributed by atoms with Crippen LogP contribution in [0.25, 0.3) is 27.7 Å². The van der Waals surface area contributed by atoms with E-state index in [2.05, 4.69) is 15.2 Å². The normalized spacial score (nSPS) is 11.4. The number of carbonyl (C=O) groups is 1. The van der Waals surface area contributed by atoms with Crippen LogP contribution in [0.3, 0.4) is 0 Å². The second-order valence-electron chi connectivity index (χ2n) is 6.05. The summed E-state index contributed by atoms with van der Waals surface area (Å²) in [6.07, 6.45) is 3.88. The van der Waals surface area contributed by atoms with Crippen molar-refractivity contribution in [3.8, 4) is 11.1 Å². The third-order valence-electron chi connectivity index (χ3n) is 4.30. The van der Waals surface area contributed by atoms with Crippen molar-refractivity contribution in [1.82, 2.24) is 19.6 Å². The number of aromatic nitrogens is 4. The van der Waals surface area contributed by atoms with Crippen LogP contribution in [0.5, 0.6) is 0 Å². The molecule has 0 fully saturated rings. The largest absolute Gasteiger partial charge is 0.382 e. The third kappa shape index (κ3) is 2.15. The Kier molecular flexibility index (Phi) is 3.58. The highest BCUT2D eigenvalue weighted by Crippen LogP contribution is 2.42. The zero-order chi connectivity index (χ0) is 18.6. The summed E-state index contributed by atoms with van der Waals surface area (Å²) in [5.74, 6) is -0.421. The fourth-order valence-electron chi connectivity index (χ4n) is 3.15. The first-order valence-electron chi connectivity index (χ1n) is 7.68. The van der Waals surface area contributed by atoms with Crippen molar-refractivity contribution < 1.29 is 9.18 Å². The van der Waals surface area contributed by atoms with Gasteiger partial charge < -0.3 is 10.6 Å². The molecule has 0 radical (unpaired) electrons. The SMILES string of the molecule is CN(C)c1c(F)c(Cl)c(-c2ccc3nc(N)c(C=O)n3c2)c2cn[nH]c12. The van der Waals surface area contributed by atoms with Crippen molar-refractivity contribution in [2.75, 3.05) is 24.7 Å². The van der Waals surface area contributed by atoms with Gasteiger partial charge >= 0.3 is 0 Å². The summed E-state index contributed by atoms with van der Waals surface area (Å²) in [6, 6.07) is 3.44. The van der Waals surface area contributed by atoms with Gasteiger partial charge in [0.25, 0.3) is 0 Å². The van der Waals surface area contributed by atoms with Crippen LogP contribution in [0.4, 0.5) is 15.9 Å². The summed E-state index contributed by atoms with van der Waals surface area (Å²) < 4.78 is 16.5. The monoisotopic (exact) mass is 372 g/mol. The summed E-state index contributed by atoms with van der Waals surface area (Å²) >= 11 is 6.38. The molecule has 7 nitrogen and oxygen atoms in total. The van der Waals surface area contributed by atoms with Gasteiger partial charge in [-0.25, -0.2) is 9.37 Å². The minimum atomic E-state index is -0.552. The lowest BCUT2D eigenvalue weighted by atomic mass is 10.0. The molecule has 1 aromatic carbocycles. The quantitative estimate of drug-likeness (QED) is 0.539. The van der Waals surface area contributed by atoms with E-state index in [0.717, 1.165) is 0 Å². The van der Waals surface area contributed by atoms with Crippen molar-refractivity contribution in [3.63, 3.8) is 0 Å². The molecule has 0 atom stereocenters. The molecule has 0 aliphatic carbocycles. The van der Waals surface area contributed by atoms with E-state index in [1.165, 1.54) is 0 Å². The summed E-state index contributed by atoms with van der Waals surface area (Å²) in [4.78, 5) is 17.1. The van der Waals surface area contributed by atoms with Crippen molar-refractivity contribution in [1.29, 1.82) is 0 Å². The van der Waals surface area contributed by atoms with Gasteiger partial charge in [-0.1, -0.05) is 11.6 Å². The molecule has 0 aliphatic rings. The third-order valence-corrected chi connectivity index (χ3v) is 4.65. The Morgan fingerprint density at radius 3 is 2.85 bits per heavy atom. The number of hydrogen-bond acceptors (Lipinski definition) is 5. The molecule has 3 N–H and O–H groups in total. The molecule has 0 unspecified atom stereocenters. The molecular weight excluding hydrogens is 359 g/mol. The summed E-state index contributed by atoms with van der Waals surface area (Å²) in [6.45, 7) is 0. The average molecular weight is 373 g/mol. The number of halogens is 2. The van der Waals surface area contributed by atoms with E-state index in [9.17, 15) is 9.18 Å². The van der Waals surface area contributed by atoms with E-state index in [0.29, 0.717) is 39.7 Å². The number of H-pyrrole nitrogens is 1. The first kappa shape index (κ1) is 16.3. The van der Waals surface area contributed by atoms with Gasteiger partial charge in [-0.15, -0.1) is 0 Å². The van der Waals surface area contributed by atoms with Crippen molar-refractivity contribution in [2.24, 2.45) is 0 Å². The smallest absolute Gasteiger partial charge is 0.170 e. The number of aldehydes is 1. The lowest BCUT2D eigenvalue weighted by Crippen LogP contribution is -2.12. The van der Waals surface area contributed by atoms with Gasteiger partial charge in [0, 0.05) is 36.8 Å². The fraction of sp³-hybridized carbons (Fsp3) is 0.118. The molecular formula is C17H14ClFN6O. The standard InChI is InChI=1S/C17H14ClFN6O/c1-24(2)16-14(19)13(18)12(9-5-21-23-15(9)16)8-3-4-11-22-17(20)10(7-26)25(11)6-8/h3-7H,20H2,1-2H3,(H,21,23). The highest BCUT2D eigenvalue weighted by molar-refractivity contribution is 6.36. The number of nitrogen functional groups attached to an aromatic ring is 1. The number of carbonyl (C=O) groups excluding carboxylic acids is 1. The highest BCUT2D eigenvalue weighted by atomic mass is 35.5. The van der Waals surface area contributed by atoms with E-state index in [4.69, 9.17) is 17.3 Å². The first-order valence-corrected chi connectivity index (χ1v) is 8.06. The maximum atomic E-state index is 15.0. The van der Waals surface area contributed by atoms with Crippen LogP contribution < -0.4 is 10.6 Å². The number of fused-ring (bicyclic) bond motifs is 2. The van der Waals surface area contributed by atoms with Gasteiger partial charge in [0.1, 0.15) is 17.0 Å². The number of aromatic amines is 1. The highest BCUT2D eigenvalue weighted by Gasteiger charge is 2.23. The fourth-order valence-corrected chi connectivity index (χ4v) is 3.45. The van der Waals surface area contributed by atoms with Crippen molar-refractivity contribution >= 4 is 45.9 Å². The van der Waals surface area contributed by atoms with E-state index < -0.39 is 5.82 Å². The van der Waals surface area contributed by atoms with Crippen LogP contribution in [-0.2, 0) is 0 Å². The van der Waals surface area contributed by atoms with Gasteiger partial charge in [-0.05, 0) is 12.1 Å². The van der Waals surface area contributed by atoms with E-state index in [1.54, 1.807) is 47.9 Å². The molecule has 0 aliphatic heterocycles. The number of nitrogens with two attached hydrogens (primary N) is 1. The predicted molar refractivity (Wildman–Crippen MR) is 99.4 cm³/mol. The molecule has 4 aromatic rings. The molecule has 0 amide bonds. The zero-order valence-corrected chi connectivity index (χ0v) is 14.7. The van der Waals surface area contributed by atoms with Gasteiger partial charge in [0.2, 0.25) is 0 Å². The van der Waals surface area contributed by atoms with Crippen LogP contribution in [0, 0.1) is 5.82 Å². The maximum Gasteiger partial charge on any atom is 0.170 e. The van der Waals surface area contributed by atoms with Crippen LogP contribution >= 0.6 is 11.6 Å². The summed E-state index contributed by atoms with van der Waals surface area (Å²) in [7, 11) is 3.46. The second kappa shape index (κ2) is 5.70. The molecule has 0 saturated heterocycles. The summed E-state index contributed by atoms with van der Waals surface area (Å²) in [5.41, 5.74) is 8.45. The Morgan fingerprint density at radius 2 is 2.15 bits per heavy atom. The Morgan fingerprint density at radius 1 is 1.38 bits per heavy atom. The van der Waals surface area contributed by atoms with Gasteiger partial charge in [0.15, 0.2) is 17.9 Å². The van der Waals surface area contributed by atoms with Gasteiger partial charge in [-0.3, -0.25) is 14.3 Å². The topological polar surface area (TPSA) is 92.3 Å². The minimum absolute atomic E-state index is 0.0253. The molecule has 0 spiro atoms. The number of nitrogens with one attached hydrogen (secondary N) is 1. The Hall–Kier alpha value is -3.13. The number of imidazole rings is 1. The lowest BCUT2D eigenvalue weighted by molar-refractivity contribution is 0.111. The first-order chi connectivity index (χ1) is 12.4. The number of pyridine rings is 1. The second-order valence-corrected chi connectivity index (χ2v) is 6.43. The number of benzene rings is 1. The molecule has 132 valence electrons. The Labute approximate surface area is 152 Å². The summed E-state index contributed by atoms with van der Waals surface area (Å²) in [5, 5.41) is 7.51. The zero-order valence-electron chi connectivity index (χ0n) is 13.9. The number of nitrogens with zero attached hydrogens (tertiary/aromatic N) is 4. The molecule has 3 heterocycles. The van der Waals surface area contributed by atoms with Crippen molar-refractivity contribution in [3.05, 3.63) is 41.1 Å². The number of hydrogen-bond donors (Lipinski definition) is 2. The maximum absolute atomic E-state index is 15.0. The van der Waals surface area contributed by atoms with E-state index >= 15 is 0 Å². The average Bonchev–Trinajstić information content (AvgIpc) is 3.18. The lowest BCUT2D eigenvalue weighted by Gasteiger charge is -2.18.